The van der Waals surface area contributed by atoms with Gasteiger partial charge >= 0.3 is 0 Å². The largest absolute Gasteiger partial charge is 0.506 e. The number of nitrogens with zero attached hydrogens (tertiary/aromatic N) is 2. The van der Waals surface area contributed by atoms with Crippen molar-refractivity contribution in [2.45, 2.75) is 0 Å². The number of phenols is 1. The molecular weight excluding hydrogens is 152 g/mol. The normalized spacial score (nSPS) is 9.50. The molecule has 0 aromatic heterocycles. The zero-order valence-electron chi connectivity index (χ0n) is 7.28. The predicted molar refractivity (Wildman–Crippen MR) is 51.6 cm³/mol. The maximum atomic E-state index is 9.26. The van der Waals surface area contributed by atoms with E-state index in [2.05, 4.69) is 11.7 Å². The van der Waals surface area contributed by atoms with Crippen molar-refractivity contribution < 1.29 is 5.11 Å². The summed E-state index contributed by atoms with van der Waals surface area (Å²) >= 11 is 0. The quantitative estimate of drug-likeness (QED) is 0.676. The number of hydrogen-bond donors (Lipinski definition) is 1. The minimum atomic E-state index is 0.163. The first-order chi connectivity index (χ1) is 5.65. The summed E-state index contributed by atoms with van der Waals surface area (Å²) in [7, 11) is 3.86. The van der Waals surface area contributed by atoms with E-state index in [1.165, 1.54) is 0 Å². The number of aliphatic imine (C=N–C) groups is 1. The Morgan fingerprint density at radius 2 is 2.08 bits per heavy atom. The van der Waals surface area contributed by atoms with E-state index in [-0.39, 0.29) is 5.75 Å². The third-order valence-electron chi connectivity index (χ3n) is 1.65. The molecule has 0 amide bonds. The smallest absolute Gasteiger partial charge is 0.141 e. The fourth-order valence-corrected chi connectivity index (χ4v) is 0.917. The first-order valence-corrected chi connectivity index (χ1v) is 3.62. The van der Waals surface area contributed by atoms with Gasteiger partial charge in [-0.05, 0) is 24.9 Å². The Labute approximate surface area is 72.0 Å². The molecule has 0 radical (unpaired) electrons. The molecule has 0 saturated heterocycles. The standard InChI is InChI=1S/C9H12N2O/c1-10-8-6-7(11(2)3)4-5-9(8)12/h4-6,12H,1H2,2-3H3. The van der Waals surface area contributed by atoms with Crippen molar-refractivity contribution in [1.82, 2.24) is 0 Å². The van der Waals surface area contributed by atoms with Crippen LogP contribution < -0.4 is 4.90 Å². The maximum absolute atomic E-state index is 9.26. The number of anilines is 1. The second-order valence-electron chi connectivity index (χ2n) is 2.73. The zero-order chi connectivity index (χ0) is 9.14. The van der Waals surface area contributed by atoms with Crippen LogP contribution in [0.1, 0.15) is 0 Å². The lowest BCUT2D eigenvalue weighted by atomic mass is 10.2. The Morgan fingerprint density at radius 1 is 1.42 bits per heavy atom. The van der Waals surface area contributed by atoms with E-state index in [0.29, 0.717) is 5.69 Å². The van der Waals surface area contributed by atoms with Gasteiger partial charge in [-0.2, -0.15) is 0 Å². The third-order valence-corrected chi connectivity index (χ3v) is 1.65. The van der Waals surface area contributed by atoms with Crippen LogP contribution in [0.25, 0.3) is 0 Å². The van der Waals surface area contributed by atoms with Crippen LogP contribution in [0.2, 0.25) is 0 Å². The van der Waals surface area contributed by atoms with E-state index in [4.69, 9.17) is 0 Å². The van der Waals surface area contributed by atoms with Crippen molar-refractivity contribution in [3.63, 3.8) is 0 Å². The highest BCUT2D eigenvalue weighted by Crippen LogP contribution is 2.29. The van der Waals surface area contributed by atoms with Crippen molar-refractivity contribution in [2.24, 2.45) is 4.99 Å². The highest BCUT2D eigenvalue weighted by molar-refractivity contribution is 5.63. The molecule has 1 rings (SSSR count). The number of hydrogen-bond acceptors (Lipinski definition) is 3. The van der Waals surface area contributed by atoms with E-state index >= 15 is 0 Å². The fourth-order valence-electron chi connectivity index (χ4n) is 0.917. The van der Waals surface area contributed by atoms with Crippen LogP contribution in [0.4, 0.5) is 11.4 Å². The van der Waals surface area contributed by atoms with E-state index in [9.17, 15) is 5.11 Å². The molecule has 0 aliphatic rings. The van der Waals surface area contributed by atoms with E-state index in [0.717, 1.165) is 5.69 Å². The van der Waals surface area contributed by atoms with Crippen LogP contribution in [-0.4, -0.2) is 25.9 Å². The lowest BCUT2D eigenvalue weighted by molar-refractivity contribution is 0.477. The molecule has 0 spiro atoms. The molecule has 1 N–H and O–H groups in total. The minimum Gasteiger partial charge on any atom is -0.506 e. The molecule has 12 heavy (non-hydrogen) atoms. The van der Waals surface area contributed by atoms with Crippen molar-refractivity contribution in [1.29, 1.82) is 0 Å². The van der Waals surface area contributed by atoms with Gasteiger partial charge in [-0.1, -0.05) is 0 Å². The van der Waals surface area contributed by atoms with Crippen LogP contribution in [0.3, 0.4) is 0 Å². The maximum Gasteiger partial charge on any atom is 0.141 e. The van der Waals surface area contributed by atoms with Crippen molar-refractivity contribution in [2.75, 3.05) is 19.0 Å². The minimum absolute atomic E-state index is 0.163. The van der Waals surface area contributed by atoms with Crippen molar-refractivity contribution >= 4 is 18.1 Å². The summed E-state index contributed by atoms with van der Waals surface area (Å²) in [6.07, 6.45) is 0. The molecule has 0 fully saturated rings. The Bertz CT molecular complexity index is 295. The predicted octanol–water partition coefficient (Wildman–Crippen LogP) is 1.79. The summed E-state index contributed by atoms with van der Waals surface area (Å²) in [6.45, 7) is 3.36. The van der Waals surface area contributed by atoms with Gasteiger partial charge in [-0.3, -0.25) is 4.99 Å². The number of aromatic hydroxyl groups is 1. The van der Waals surface area contributed by atoms with Crippen LogP contribution in [0.5, 0.6) is 5.75 Å². The van der Waals surface area contributed by atoms with Gasteiger partial charge in [0.25, 0.3) is 0 Å². The lowest BCUT2D eigenvalue weighted by Gasteiger charge is -2.12. The fraction of sp³-hybridized carbons (Fsp3) is 0.222. The Morgan fingerprint density at radius 3 is 2.58 bits per heavy atom. The van der Waals surface area contributed by atoms with Crippen molar-refractivity contribution in [3.05, 3.63) is 18.2 Å². The van der Waals surface area contributed by atoms with Gasteiger partial charge < -0.3 is 10.0 Å². The molecule has 0 heterocycles. The summed E-state index contributed by atoms with van der Waals surface area (Å²) in [4.78, 5) is 5.63. The zero-order valence-corrected chi connectivity index (χ0v) is 7.28. The van der Waals surface area contributed by atoms with Gasteiger partial charge in [0.05, 0.1) is 0 Å². The molecule has 0 bridgehead atoms. The van der Waals surface area contributed by atoms with Gasteiger partial charge in [-0.15, -0.1) is 0 Å². The van der Waals surface area contributed by atoms with Gasteiger partial charge in [0.15, 0.2) is 0 Å². The Hall–Kier alpha value is -1.51. The van der Waals surface area contributed by atoms with E-state index < -0.39 is 0 Å². The molecular formula is C9H12N2O. The molecule has 0 aliphatic carbocycles. The topological polar surface area (TPSA) is 35.8 Å². The summed E-state index contributed by atoms with van der Waals surface area (Å²) < 4.78 is 0. The Kier molecular flexibility index (Phi) is 2.33. The van der Waals surface area contributed by atoms with E-state index in [1.807, 2.05) is 25.1 Å². The third kappa shape index (κ3) is 1.56. The molecule has 3 nitrogen and oxygen atoms in total. The molecule has 0 aliphatic heterocycles. The summed E-state index contributed by atoms with van der Waals surface area (Å²) in [5, 5.41) is 9.26. The van der Waals surface area contributed by atoms with Crippen molar-refractivity contribution in [3.8, 4) is 5.75 Å². The van der Waals surface area contributed by atoms with Gasteiger partial charge in [0.2, 0.25) is 0 Å². The number of rotatable bonds is 2. The van der Waals surface area contributed by atoms with Gasteiger partial charge in [0, 0.05) is 19.8 Å². The van der Waals surface area contributed by atoms with Crippen LogP contribution in [0, 0.1) is 0 Å². The van der Waals surface area contributed by atoms with Crippen LogP contribution in [0.15, 0.2) is 23.2 Å². The van der Waals surface area contributed by atoms with Crippen LogP contribution >= 0.6 is 0 Å². The van der Waals surface area contributed by atoms with Crippen LogP contribution in [-0.2, 0) is 0 Å². The average molecular weight is 164 g/mol. The number of benzene rings is 1. The molecule has 0 unspecified atom stereocenters. The SMILES string of the molecule is C=Nc1cc(N(C)C)ccc1O. The van der Waals surface area contributed by atoms with Gasteiger partial charge in [-0.25, -0.2) is 0 Å². The number of phenolic OH excluding ortho intramolecular Hbond substituents is 1. The molecule has 0 atom stereocenters. The summed E-state index contributed by atoms with van der Waals surface area (Å²) in [5.41, 5.74) is 1.51. The molecule has 64 valence electrons. The Balaban J connectivity index is 3.13. The van der Waals surface area contributed by atoms with Gasteiger partial charge in [0.1, 0.15) is 11.4 Å². The monoisotopic (exact) mass is 164 g/mol. The molecule has 3 heteroatoms. The lowest BCUT2D eigenvalue weighted by Crippen LogP contribution is -2.07. The molecule has 0 saturated carbocycles. The first kappa shape index (κ1) is 8.59. The average Bonchev–Trinajstić information content (AvgIpc) is 2.05. The highest BCUT2D eigenvalue weighted by atomic mass is 16.3. The second-order valence-corrected chi connectivity index (χ2v) is 2.73. The summed E-state index contributed by atoms with van der Waals surface area (Å²) in [6, 6.07) is 5.21. The second kappa shape index (κ2) is 3.26. The first-order valence-electron chi connectivity index (χ1n) is 3.62. The van der Waals surface area contributed by atoms with E-state index in [1.54, 1.807) is 12.1 Å². The highest BCUT2D eigenvalue weighted by Gasteiger charge is 2.00. The molecule has 1 aromatic rings. The molecule has 1 aromatic carbocycles. The summed E-state index contributed by atoms with van der Waals surface area (Å²) in [5.74, 6) is 0.163.